The third-order valence-electron chi connectivity index (χ3n) is 7.42. The van der Waals surface area contributed by atoms with Gasteiger partial charge in [-0.2, -0.15) is 0 Å². The fourth-order valence-electron chi connectivity index (χ4n) is 5.00. The van der Waals surface area contributed by atoms with Crippen molar-refractivity contribution < 1.29 is 28.6 Å². The van der Waals surface area contributed by atoms with Crippen LogP contribution in [0.5, 0.6) is 11.5 Å². The van der Waals surface area contributed by atoms with E-state index in [1.165, 1.54) is 12.1 Å². The van der Waals surface area contributed by atoms with Crippen LogP contribution in [-0.4, -0.2) is 63.6 Å². The number of carbonyl (C=O) groups is 3. The molecule has 1 aliphatic rings. The number of aliphatic hydroxyl groups is 1. The van der Waals surface area contributed by atoms with E-state index in [9.17, 15) is 23.9 Å². The number of carbonyl (C=O) groups excluding carboxylic acids is 3. The van der Waals surface area contributed by atoms with Gasteiger partial charge in [0.1, 0.15) is 17.3 Å². The number of likely N-dealkylation sites (tertiary alicyclic amines) is 1. The summed E-state index contributed by atoms with van der Waals surface area (Å²) in [6.07, 6.45) is 5.05. The van der Waals surface area contributed by atoms with E-state index in [-0.39, 0.29) is 24.0 Å². The van der Waals surface area contributed by atoms with E-state index in [1.807, 2.05) is 0 Å². The molecule has 2 aromatic heterocycles. The number of benzene rings is 2. The highest BCUT2D eigenvalue weighted by molar-refractivity contribution is 6.00. The molecule has 0 bridgehead atoms. The van der Waals surface area contributed by atoms with Gasteiger partial charge in [0.25, 0.3) is 5.91 Å². The molecule has 2 aromatic carbocycles. The molecule has 0 spiro atoms. The minimum absolute atomic E-state index is 0.0104. The number of piperidine rings is 1. The van der Waals surface area contributed by atoms with Gasteiger partial charge in [-0.05, 0) is 73.4 Å². The van der Waals surface area contributed by atoms with Gasteiger partial charge in [-0.1, -0.05) is 6.07 Å². The largest absolute Gasteiger partial charge is 0.457 e. The number of urea groups is 1. The van der Waals surface area contributed by atoms with E-state index in [1.54, 1.807) is 65.8 Å². The number of halogens is 1. The van der Waals surface area contributed by atoms with Crippen LogP contribution >= 0.6 is 0 Å². The molecule has 12 nitrogen and oxygen atoms in total. The normalized spacial score (nSPS) is 14.4. The molecule has 3 heterocycles. The molecule has 4 aromatic rings. The summed E-state index contributed by atoms with van der Waals surface area (Å²) in [5.74, 6) is 0.162. The summed E-state index contributed by atoms with van der Waals surface area (Å²) in [5.41, 5.74) is 8.39. The summed E-state index contributed by atoms with van der Waals surface area (Å²) in [6.45, 7) is 1.61. The highest BCUT2D eigenvalue weighted by atomic mass is 19.1. The van der Waals surface area contributed by atoms with E-state index >= 15 is 0 Å². The first-order chi connectivity index (χ1) is 22.3. The summed E-state index contributed by atoms with van der Waals surface area (Å²) >= 11 is 0. The van der Waals surface area contributed by atoms with Gasteiger partial charge in [-0.25, -0.2) is 9.18 Å². The second kappa shape index (κ2) is 15.1. The van der Waals surface area contributed by atoms with Crippen molar-refractivity contribution >= 4 is 29.2 Å². The Balaban J connectivity index is 1.10. The summed E-state index contributed by atoms with van der Waals surface area (Å²) in [5, 5.41) is 17.7. The minimum atomic E-state index is -0.607. The van der Waals surface area contributed by atoms with Gasteiger partial charge in [0.15, 0.2) is 0 Å². The molecule has 1 fully saturated rings. The number of anilines is 2. The van der Waals surface area contributed by atoms with Crippen LogP contribution in [0.2, 0.25) is 0 Å². The number of nitrogens with one attached hydrogen (secondary N) is 4. The molecule has 1 aliphatic heterocycles. The number of hydrogen-bond acceptors (Lipinski definition) is 7. The summed E-state index contributed by atoms with van der Waals surface area (Å²) in [4.78, 5) is 46.5. The van der Waals surface area contributed by atoms with Gasteiger partial charge < -0.3 is 41.4 Å². The first-order valence-corrected chi connectivity index (χ1v) is 15.0. The van der Waals surface area contributed by atoms with Crippen LogP contribution in [0, 0.1) is 5.82 Å². The quantitative estimate of drug-likeness (QED) is 0.131. The lowest BCUT2D eigenvalue weighted by atomic mass is 10.1. The van der Waals surface area contributed by atoms with Crippen molar-refractivity contribution in [2.24, 2.45) is 5.73 Å². The van der Waals surface area contributed by atoms with Crippen molar-refractivity contribution in [3.8, 4) is 22.9 Å². The van der Waals surface area contributed by atoms with E-state index in [2.05, 4.69) is 25.9 Å². The van der Waals surface area contributed by atoms with E-state index in [0.717, 1.165) is 12.8 Å². The average Bonchev–Trinajstić information content (AvgIpc) is 3.56. The molecule has 13 heteroatoms. The number of H-pyrrole nitrogens is 1. The van der Waals surface area contributed by atoms with Crippen LogP contribution in [0.25, 0.3) is 11.4 Å². The number of hydrogen-bond donors (Lipinski definition) is 6. The minimum Gasteiger partial charge on any atom is -0.457 e. The SMILES string of the molecule is NCc1ccc(F)c(NC(=O)Nc2ccc(Oc3ccnc(-c4cc(C(=O)NCCCC(=O)N5CCCC(O)C5)c[nH]4)c3)cc2)c1. The third-order valence-corrected chi connectivity index (χ3v) is 7.42. The first-order valence-electron chi connectivity index (χ1n) is 15.0. The number of pyridine rings is 1. The van der Waals surface area contributed by atoms with Gasteiger partial charge in [0.05, 0.1) is 28.7 Å². The molecule has 0 saturated carbocycles. The monoisotopic (exact) mass is 629 g/mol. The first kappa shape index (κ1) is 32.1. The van der Waals surface area contributed by atoms with Gasteiger partial charge in [0.2, 0.25) is 5.91 Å². The fourth-order valence-corrected chi connectivity index (χ4v) is 5.00. The number of aliphatic hydroxyl groups excluding tert-OH is 1. The number of nitrogens with zero attached hydrogens (tertiary/aromatic N) is 2. The lowest BCUT2D eigenvalue weighted by molar-refractivity contribution is -0.134. The predicted octanol–water partition coefficient (Wildman–Crippen LogP) is 4.60. The molecule has 0 aliphatic carbocycles. The zero-order valence-electron chi connectivity index (χ0n) is 25.1. The Morgan fingerprint density at radius 3 is 2.67 bits per heavy atom. The van der Waals surface area contributed by atoms with Crippen LogP contribution in [-0.2, 0) is 11.3 Å². The highest BCUT2D eigenvalue weighted by Crippen LogP contribution is 2.27. The maximum atomic E-state index is 14.0. The van der Waals surface area contributed by atoms with Crippen LogP contribution in [0.3, 0.4) is 0 Å². The van der Waals surface area contributed by atoms with Crippen molar-refractivity contribution in [2.45, 2.75) is 38.3 Å². The fraction of sp³-hybridized carbons (Fsp3) is 0.273. The molecular weight excluding hydrogens is 593 g/mol. The predicted molar refractivity (Wildman–Crippen MR) is 171 cm³/mol. The summed E-state index contributed by atoms with van der Waals surface area (Å²) < 4.78 is 20.0. The standard InChI is InChI=1S/C33H36FN7O5/c34-27-10-5-21(18-35)15-28(27)40-33(45)39-23-6-8-25(9-7-23)46-26-11-13-36-30(17-26)29-16-22(19-38-29)32(44)37-12-1-4-31(43)41-14-2-3-24(42)20-41/h5-11,13,15-17,19,24,38,42H,1-4,12,14,18,20,35H2,(H,37,44)(H2,39,40,45). The van der Waals surface area contributed by atoms with Crippen LogP contribution < -0.4 is 26.4 Å². The second-order valence-corrected chi connectivity index (χ2v) is 10.9. The van der Waals surface area contributed by atoms with Gasteiger partial charge in [-0.3, -0.25) is 14.6 Å². The van der Waals surface area contributed by atoms with Crippen LogP contribution in [0.15, 0.2) is 73.1 Å². The number of ether oxygens (including phenoxy) is 1. The molecular formula is C33H36FN7O5. The average molecular weight is 630 g/mol. The topological polar surface area (TPSA) is 175 Å². The Labute approximate surface area is 265 Å². The van der Waals surface area contributed by atoms with E-state index in [4.69, 9.17) is 10.5 Å². The molecule has 1 unspecified atom stereocenters. The van der Waals surface area contributed by atoms with Gasteiger partial charge in [-0.15, -0.1) is 0 Å². The van der Waals surface area contributed by atoms with Crippen molar-refractivity contribution in [1.29, 1.82) is 0 Å². The maximum absolute atomic E-state index is 14.0. The van der Waals surface area contributed by atoms with Gasteiger partial charge in [0, 0.05) is 56.7 Å². The van der Waals surface area contributed by atoms with Crippen molar-refractivity contribution in [3.05, 3.63) is 90.0 Å². The summed E-state index contributed by atoms with van der Waals surface area (Å²) in [7, 11) is 0. The zero-order valence-corrected chi connectivity index (χ0v) is 25.1. The molecule has 46 heavy (non-hydrogen) atoms. The Morgan fingerprint density at radius 1 is 1.07 bits per heavy atom. The number of aromatic nitrogens is 2. The van der Waals surface area contributed by atoms with Crippen molar-refractivity contribution in [3.63, 3.8) is 0 Å². The smallest absolute Gasteiger partial charge is 0.323 e. The third kappa shape index (κ3) is 8.67. The summed E-state index contributed by atoms with van der Waals surface area (Å²) in [6, 6.07) is 15.4. The maximum Gasteiger partial charge on any atom is 0.323 e. The van der Waals surface area contributed by atoms with E-state index < -0.39 is 18.0 Å². The van der Waals surface area contributed by atoms with Gasteiger partial charge >= 0.3 is 6.03 Å². The second-order valence-electron chi connectivity index (χ2n) is 10.9. The van der Waals surface area contributed by atoms with Crippen molar-refractivity contribution in [1.82, 2.24) is 20.2 Å². The number of β-amino-alcohol motifs (C(OH)–C–C–N with tert-alkyl or cyclic N) is 1. The van der Waals surface area contributed by atoms with Crippen LogP contribution in [0.4, 0.5) is 20.6 Å². The number of amides is 4. The molecule has 240 valence electrons. The Hall–Kier alpha value is -5.27. The molecule has 1 saturated heterocycles. The number of nitrogens with two attached hydrogens (primary N) is 1. The zero-order chi connectivity index (χ0) is 32.5. The highest BCUT2D eigenvalue weighted by Gasteiger charge is 2.21. The Morgan fingerprint density at radius 2 is 1.89 bits per heavy atom. The molecule has 1 atom stereocenters. The lowest BCUT2D eigenvalue weighted by Gasteiger charge is -2.30. The van der Waals surface area contributed by atoms with E-state index in [0.29, 0.717) is 72.2 Å². The molecule has 7 N–H and O–H groups in total. The Kier molecular flexibility index (Phi) is 10.6. The van der Waals surface area contributed by atoms with Crippen molar-refractivity contribution in [2.75, 3.05) is 30.3 Å². The Bertz CT molecular complexity index is 1680. The van der Waals surface area contributed by atoms with Crippen LogP contribution in [0.1, 0.15) is 41.6 Å². The number of rotatable bonds is 11. The molecule has 0 radical (unpaired) electrons. The lowest BCUT2D eigenvalue weighted by Crippen LogP contribution is -2.42. The molecule has 4 amide bonds. The number of aromatic amines is 1. The molecule has 5 rings (SSSR count).